The summed E-state index contributed by atoms with van der Waals surface area (Å²) >= 11 is 12.6. The van der Waals surface area contributed by atoms with Crippen LogP contribution in [0.1, 0.15) is 31.7 Å². The summed E-state index contributed by atoms with van der Waals surface area (Å²) in [6, 6.07) is 5.59. The molecule has 0 aliphatic heterocycles. The van der Waals surface area contributed by atoms with Gasteiger partial charge in [0.15, 0.2) is 0 Å². The number of benzene rings is 1. The Hall–Kier alpha value is -1.98. The molecule has 0 radical (unpaired) electrons. The topological polar surface area (TPSA) is 48.9 Å². The van der Waals surface area contributed by atoms with Crippen LogP contribution in [0.4, 0.5) is 0 Å². The van der Waals surface area contributed by atoms with E-state index in [-0.39, 0.29) is 11.2 Å². The van der Waals surface area contributed by atoms with Crippen LogP contribution in [0.25, 0.3) is 22.2 Å². The maximum Gasteiger partial charge on any atom is 0.330 e. The summed E-state index contributed by atoms with van der Waals surface area (Å²) in [5, 5.41) is 1.56. The number of aromatic nitrogens is 3. The molecule has 26 heavy (non-hydrogen) atoms. The zero-order valence-electron chi connectivity index (χ0n) is 14.6. The maximum atomic E-state index is 13.0. The van der Waals surface area contributed by atoms with Gasteiger partial charge in [-0.3, -0.25) is 13.9 Å². The lowest BCUT2D eigenvalue weighted by molar-refractivity contribution is 0.527. The first-order valence-electron chi connectivity index (χ1n) is 8.66. The number of halogens is 2. The molecule has 0 atom stereocenters. The van der Waals surface area contributed by atoms with Gasteiger partial charge < -0.3 is 4.57 Å². The molecule has 2 aromatic heterocycles. The number of hydrogen-bond acceptors (Lipinski definition) is 2. The first-order valence-corrected chi connectivity index (χ1v) is 9.41. The lowest BCUT2D eigenvalue weighted by Gasteiger charge is -2.17. The zero-order valence-corrected chi connectivity index (χ0v) is 16.1. The van der Waals surface area contributed by atoms with Gasteiger partial charge in [-0.25, -0.2) is 4.79 Å². The van der Waals surface area contributed by atoms with Crippen molar-refractivity contribution in [2.75, 3.05) is 0 Å². The second-order valence-electron chi connectivity index (χ2n) is 6.91. The van der Waals surface area contributed by atoms with E-state index in [2.05, 4.69) is 4.57 Å². The summed E-state index contributed by atoms with van der Waals surface area (Å²) in [6.07, 6.45) is 6.34. The summed E-state index contributed by atoms with van der Waals surface area (Å²) in [5.41, 5.74) is 1.52. The van der Waals surface area contributed by atoms with E-state index in [1.54, 1.807) is 19.2 Å². The highest BCUT2D eigenvalue weighted by molar-refractivity contribution is 6.36. The Labute approximate surface area is 160 Å². The Morgan fingerprint density at radius 3 is 2.38 bits per heavy atom. The quantitative estimate of drug-likeness (QED) is 0.659. The second-order valence-corrected chi connectivity index (χ2v) is 7.76. The molecule has 5 nitrogen and oxygen atoms in total. The van der Waals surface area contributed by atoms with E-state index in [9.17, 15) is 9.59 Å². The summed E-state index contributed by atoms with van der Waals surface area (Å²) in [5.74, 6) is 0. The molecule has 0 spiro atoms. The Bertz CT molecular complexity index is 1130. The van der Waals surface area contributed by atoms with Crippen molar-refractivity contribution in [1.82, 2.24) is 13.7 Å². The van der Waals surface area contributed by atoms with Gasteiger partial charge in [-0.1, -0.05) is 36.0 Å². The van der Waals surface area contributed by atoms with Crippen molar-refractivity contribution >= 4 is 34.1 Å². The van der Waals surface area contributed by atoms with Crippen molar-refractivity contribution in [3.63, 3.8) is 0 Å². The van der Waals surface area contributed by atoms with Gasteiger partial charge in [0.1, 0.15) is 0 Å². The summed E-state index contributed by atoms with van der Waals surface area (Å²) in [4.78, 5) is 25.3. The van der Waals surface area contributed by atoms with Gasteiger partial charge in [0.25, 0.3) is 5.56 Å². The van der Waals surface area contributed by atoms with E-state index in [1.807, 2.05) is 12.3 Å². The van der Waals surface area contributed by atoms with Crippen LogP contribution in [-0.4, -0.2) is 13.7 Å². The van der Waals surface area contributed by atoms with Crippen LogP contribution in [0.3, 0.4) is 0 Å². The monoisotopic (exact) mass is 391 g/mol. The molecule has 3 aromatic rings. The number of fused-ring (bicyclic) bond motifs is 1. The van der Waals surface area contributed by atoms with Gasteiger partial charge in [-0.05, 0) is 31.0 Å². The van der Waals surface area contributed by atoms with Gasteiger partial charge in [0.2, 0.25) is 0 Å². The molecule has 1 fully saturated rings. The third-order valence-corrected chi connectivity index (χ3v) is 5.92. The third kappa shape index (κ3) is 2.53. The smallest absolute Gasteiger partial charge is 0.330 e. The summed E-state index contributed by atoms with van der Waals surface area (Å²) in [7, 11) is 3.20. The minimum absolute atomic E-state index is 0.295. The van der Waals surface area contributed by atoms with Crippen LogP contribution >= 0.6 is 23.2 Å². The van der Waals surface area contributed by atoms with Crippen LogP contribution in [0.2, 0.25) is 10.0 Å². The Balaban J connectivity index is 2.16. The molecule has 7 heteroatoms. The molecule has 0 bridgehead atoms. The van der Waals surface area contributed by atoms with Crippen molar-refractivity contribution in [3.05, 3.63) is 55.3 Å². The fourth-order valence-electron chi connectivity index (χ4n) is 3.98. The molecule has 2 heterocycles. The zero-order chi connectivity index (χ0) is 18.6. The molecular formula is C19H19Cl2N3O2. The number of rotatable bonds is 2. The highest BCUT2D eigenvalue weighted by atomic mass is 35.5. The molecule has 1 aliphatic rings. The highest BCUT2D eigenvalue weighted by Gasteiger charge is 2.26. The van der Waals surface area contributed by atoms with Crippen LogP contribution in [0.15, 0.2) is 34.0 Å². The molecule has 0 saturated heterocycles. The molecule has 1 aliphatic carbocycles. The standard InChI is InChI=1S/C19H19Cl2N3O2/c1-22-15-10-24(12-5-3-4-6-12)17(13-8-7-11(20)9-14(13)21)16(15)18(25)23(2)19(22)26/h7-10,12H,3-6H2,1-2H3. The lowest BCUT2D eigenvalue weighted by Crippen LogP contribution is -2.36. The van der Waals surface area contributed by atoms with Crippen LogP contribution in [0.5, 0.6) is 0 Å². The van der Waals surface area contributed by atoms with Crippen molar-refractivity contribution < 1.29 is 0 Å². The van der Waals surface area contributed by atoms with Gasteiger partial charge in [0.05, 0.1) is 21.6 Å². The molecule has 0 N–H and O–H groups in total. The van der Waals surface area contributed by atoms with Crippen LogP contribution in [-0.2, 0) is 14.1 Å². The Morgan fingerprint density at radius 2 is 1.73 bits per heavy atom. The largest absolute Gasteiger partial charge is 0.342 e. The van der Waals surface area contributed by atoms with Gasteiger partial charge in [-0.15, -0.1) is 0 Å². The van der Waals surface area contributed by atoms with Gasteiger partial charge in [0, 0.05) is 36.9 Å². The number of aryl methyl sites for hydroxylation is 1. The molecule has 0 amide bonds. The third-order valence-electron chi connectivity index (χ3n) is 5.37. The van der Waals surface area contributed by atoms with E-state index < -0.39 is 0 Å². The van der Waals surface area contributed by atoms with E-state index in [1.165, 1.54) is 11.6 Å². The SMILES string of the molecule is Cn1c(=O)c2c(-c3ccc(Cl)cc3Cl)n(C3CCCC3)cc2n(C)c1=O. The number of hydrogen-bond donors (Lipinski definition) is 0. The van der Waals surface area contributed by atoms with E-state index in [0.29, 0.717) is 27.0 Å². The summed E-state index contributed by atoms with van der Waals surface area (Å²) < 4.78 is 4.80. The average Bonchev–Trinajstić information content (AvgIpc) is 3.25. The normalized spacial score (nSPS) is 15.2. The van der Waals surface area contributed by atoms with Crippen molar-refractivity contribution in [1.29, 1.82) is 0 Å². The van der Waals surface area contributed by atoms with Crippen molar-refractivity contribution in [3.8, 4) is 11.3 Å². The molecule has 0 unspecified atom stereocenters. The minimum Gasteiger partial charge on any atom is -0.342 e. The molecule has 4 rings (SSSR count). The molecule has 136 valence electrons. The van der Waals surface area contributed by atoms with E-state index in [4.69, 9.17) is 23.2 Å². The van der Waals surface area contributed by atoms with E-state index in [0.717, 1.165) is 41.5 Å². The van der Waals surface area contributed by atoms with Crippen molar-refractivity contribution in [2.45, 2.75) is 31.7 Å². The lowest BCUT2D eigenvalue weighted by atomic mass is 10.1. The van der Waals surface area contributed by atoms with E-state index >= 15 is 0 Å². The highest BCUT2D eigenvalue weighted by Crippen LogP contribution is 2.40. The number of nitrogens with zero attached hydrogens (tertiary/aromatic N) is 3. The predicted molar refractivity (Wildman–Crippen MR) is 105 cm³/mol. The molecule has 1 aromatic carbocycles. The van der Waals surface area contributed by atoms with Gasteiger partial charge >= 0.3 is 5.69 Å². The Morgan fingerprint density at radius 1 is 1.04 bits per heavy atom. The second kappa shape index (κ2) is 6.32. The first-order chi connectivity index (χ1) is 12.4. The van der Waals surface area contributed by atoms with Crippen molar-refractivity contribution in [2.24, 2.45) is 14.1 Å². The summed E-state index contributed by atoms with van der Waals surface area (Å²) in [6.45, 7) is 0. The molecular weight excluding hydrogens is 373 g/mol. The van der Waals surface area contributed by atoms with Crippen LogP contribution in [0, 0.1) is 0 Å². The average molecular weight is 392 g/mol. The fraction of sp³-hybridized carbons (Fsp3) is 0.368. The fourth-order valence-corrected chi connectivity index (χ4v) is 4.48. The maximum absolute atomic E-state index is 13.0. The van der Waals surface area contributed by atoms with Gasteiger partial charge in [-0.2, -0.15) is 0 Å². The van der Waals surface area contributed by atoms with Crippen LogP contribution < -0.4 is 11.2 Å². The predicted octanol–water partition coefficient (Wildman–Crippen LogP) is 4.13. The first kappa shape index (κ1) is 17.4. The molecule has 1 saturated carbocycles. The Kier molecular flexibility index (Phi) is 4.24. The minimum atomic E-state index is -0.333.